The molecular weight excluding hydrogens is 226 g/mol. The van der Waals surface area contributed by atoms with Crippen LogP contribution in [0.5, 0.6) is 0 Å². The fraction of sp³-hybridized carbons (Fsp3) is 0.545. The number of nitrogens with two attached hydrogens (primary N) is 1. The van der Waals surface area contributed by atoms with Crippen molar-refractivity contribution in [3.63, 3.8) is 0 Å². The van der Waals surface area contributed by atoms with Gasteiger partial charge in [-0.05, 0) is 12.0 Å². The summed E-state index contributed by atoms with van der Waals surface area (Å²) in [6.45, 7) is 6.35. The van der Waals surface area contributed by atoms with E-state index in [9.17, 15) is 0 Å². The molecule has 0 saturated carbocycles. The summed E-state index contributed by atoms with van der Waals surface area (Å²) in [5.41, 5.74) is 6.24. The molecule has 16 heavy (non-hydrogen) atoms. The molecule has 1 heterocycles. The SMILES string of the molecule is CC(C)COCCNc1cc(N)cc(Cl)n1. The van der Waals surface area contributed by atoms with E-state index in [4.69, 9.17) is 22.1 Å². The van der Waals surface area contributed by atoms with Crippen molar-refractivity contribution in [2.75, 3.05) is 30.8 Å². The van der Waals surface area contributed by atoms with Gasteiger partial charge in [-0.1, -0.05) is 25.4 Å². The Morgan fingerprint density at radius 3 is 2.88 bits per heavy atom. The lowest BCUT2D eigenvalue weighted by Gasteiger charge is -2.09. The summed E-state index contributed by atoms with van der Waals surface area (Å²) in [6, 6.07) is 3.36. The quantitative estimate of drug-likeness (QED) is 0.595. The summed E-state index contributed by atoms with van der Waals surface area (Å²) in [4.78, 5) is 4.09. The number of nitrogens with zero attached hydrogens (tertiary/aromatic N) is 1. The lowest BCUT2D eigenvalue weighted by Crippen LogP contribution is -2.13. The van der Waals surface area contributed by atoms with Crippen LogP contribution in [0.4, 0.5) is 11.5 Å². The molecule has 1 aromatic rings. The van der Waals surface area contributed by atoms with Gasteiger partial charge in [-0.3, -0.25) is 0 Å². The van der Waals surface area contributed by atoms with Gasteiger partial charge < -0.3 is 15.8 Å². The Bertz CT molecular complexity index is 311. The summed E-state index contributed by atoms with van der Waals surface area (Å²) in [6.07, 6.45) is 0. The number of nitrogens with one attached hydrogen (secondary N) is 1. The molecule has 4 nitrogen and oxygen atoms in total. The third kappa shape index (κ3) is 5.19. The van der Waals surface area contributed by atoms with Crippen molar-refractivity contribution in [2.24, 2.45) is 5.92 Å². The number of nitrogen functional groups attached to an aromatic ring is 1. The first-order valence-electron chi connectivity index (χ1n) is 5.32. The van der Waals surface area contributed by atoms with Crippen molar-refractivity contribution in [2.45, 2.75) is 13.8 Å². The van der Waals surface area contributed by atoms with Crippen molar-refractivity contribution >= 4 is 23.1 Å². The molecule has 0 saturated heterocycles. The summed E-state index contributed by atoms with van der Waals surface area (Å²) >= 11 is 5.77. The van der Waals surface area contributed by atoms with Crippen LogP contribution in [0.1, 0.15) is 13.8 Å². The Labute approximate surface area is 101 Å². The molecule has 5 heteroatoms. The maximum atomic E-state index is 5.77. The van der Waals surface area contributed by atoms with Crippen molar-refractivity contribution in [1.82, 2.24) is 4.98 Å². The first kappa shape index (κ1) is 13.1. The highest BCUT2D eigenvalue weighted by Gasteiger charge is 1.98. The molecule has 1 rings (SSSR count). The van der Waals surface area contributed by atoms with Crippen LogP contribution in [0, 0.1) is 5.92 Å². The smallest absolute Gasteiger partial charge is 0.133 e. The van der Waals surface area contributed by atoms with E-state index in [0.717, 1.165) is 6.61 Å². The molecule has 0 aliphatic carbocycles. The van der Waals surface area contributed by atoms with Gasteiger partial charge in [-0.2, -0.15) is 0 Å². The maximum absolute atomic E-state index is 5.77. The molecule has 1 aromatic heterocycles. The van der Waals surface area contributed by atoms with Crippen molar-refractivity contribution in [1.29, 1.82) is 0 Å². The summed E-state index contributed by atoms with van der Waals surface area (Å²) in [5.74, 6) is 1.23. The average Bonchev–Trinajstić information content (AvgIpc) is 2.15. The number of hydrogen-bond acceptors (Lipinski definition) is 4. The fourth-order valence-electron chi connectivity index (χ4n) is 1.18. The van der Waals surface area contributed by atoms with Crippen molar-refractivity contribution < 1.29 is 4.74 Å². The fourth-order valence-corrected chi connectivity index (χ4v) is 1.39. The average molecular weight is 244 g/mol. The summed E-state index contributed by atoms with van der Waals surface area (Å²) < 4.78 is 5.42. The van der Waals surface area contributed by atoms with Gasteiger partial charge in [0, 0.05) is 24.9 Å². The first-order chi connectivity index (χ1) is 7.58. The van der Waals surface area contributed by atoms with E-state index in [0.29, 0.717) is 35.7 Å². The van der Waals surface area contributed by atoms with E-state index >= 15 is 0 Å². The highest BCUT2D eigenvalue weighted by molar-refractivity contribution is 6.29. The molecule has 0 aliphatic heterocycles. The second-order valence-corrected chi connectivity index (χ2v) is 4.39. The van der Waals surface area contributed by atoms with Gasteiger partial charge in [0.1, 0.15) is 11.0 Å². The van der Waals surface area contributed by atoms with Crippen molar-refractivity contribution in [3.05, 3.63) is 17.3 Å². The maximum Gasteiger partial charge on any atom is 0.133 e. The summed E-state index contributed by atoms with van der Waals surface area (Å²) in [5, 5.41) is 3.49. The molecule has 0 fully saturated rings. The van der Waals surface area contributed by atoms with Crippen LogP contribution >= 0.6 is 11.6 Å². The van der Waals surface area contributed by atoms with Gasteiger partial charge in [0.2, 0.25) is 0 Å². The van der Waals surface area contributed by atoms with Gasteiger partial charge in [0.25, 0.3) is 0 Å². The first-order valence-corrected chi connectivity index (χ1v) is 5.70. The Hall–Kier alpha value is -1.00. The van der Waals surface area contributed by atoms with Crippen LogP contribution in [-0.4, -0.2) is 24.7 Å². The van der Waals surface area contributed by atoms with E-state index < -0.39 is 0 Å². The summed E-state index contributed by atoms with van der Waals surface area (Å²) in [7, 11) is 0. The standard InChI is InChI=1S/C11H18ClN3O/c1-8(2)7-16-4-3-14-11-6-9(13)5-10(12)15-11/h5-6,8H,3-4,7H2,1-2H3,(H3,13,14,15). The third-order valence-electron chi connectivity index (χ3n) is 1.82. The van der Waals surface area contributed by atoms with E-state index in [-0.39, 0.29) is 0 Å². The number of pyridine rings is 1. The minimum atomic E-state index is 0.394. The largest absolute Gasteiger partial charge is 0.399 e. The van der Waals surface area contributed by atoms with Crippen LogP contribution in [0.2, 0.25) is 5.15 Å². The van der Waals surface area contributed by atoms with E-state index in [1.54, 1.807) is 12.1 Å². The number of ether oxygens (including phenoxy) is 1. The van der Waals surface area contributed by atoms with Crippen LogP contribution in [0.3, 0.4) is 0 Å². The predicted octanol–water partition coefficient (Wildman–Crippen LogP) is 2.40. The number of rotatable bonds is 6. The normalized spacial score (nSPS) is 10.8. The minimum Gasteiger partial charge on any atom is -0.399 e. The molecule has 0 amide bonds. The number of anilines is 2. The van der Waals surface area contributed by atoms with Crippen LogP contribution in [0.25, 0.3) is 0 Å². The monoisotopic (exact) mass is 243 g/mol. The zero-order valence-electron chi connectivity index (χ0n) is 9.66. The lowest BCUT2D eigenvalue weighted by molar-refractivity contribution is 0.118. The highest BCUT2D eigenvalue weighted by Crippen LogP contribution is 2.15. The second kappa shape index (κ2) is 6.55. The Balaban J connectivity index is 2.26. The molecule has 0 aliphatic rings. The lowest BCUT2D eigenvalue weighted by atomic mass is 10.2. The van der Waals surface area contributed by atoms with Crippen LogP contribution in [-0.2, 0) is 4.74 Å². The van der Waals surface area contributed by atoms with Crippen LogP contribution < -0.4 is 11.1 Å². The third-order valence-corrected chi connectivity index (χ3v) is 2.01. The van der Waals surface area contributed by atoms with Gasteiger partial charge >= 0.3 is 0 Å². The van der Waals surface area contributed by atoms with Crippen molar-refractivity contribution in [3.8, 4) is 0 Å². The number of hydrogen-bond donors (Lipinski definition) is 2. The molecule has 90 valence electrons. The molecule has 0 aromatic carbocycles. The predicted molar refractivity (Wildman–Crippen MR) is 67.8 cm³/mol. The zero-order chi connectivity index (χ0) is 12.0. The van der Waals surface area contributed by atoms with Crippen LogP contribution in [0.15, 0.2) is 12.1 Å². The van der Waals surface area contributed by atoms with Gasteiger partial charge in [0.15, 0.2) is 0 Å². The van der Waals surface area contributed by atoms with Gasteiger partial charge in [-0.25, -0.2) is 4.98 Å². The Kier molecular flexibility index (Phi) is 5.35. The van der Waals surface area contributed by atoms with E-state index in [1.807, 2.05) is 0 Å². The Morgan fingerprint density at radius 2 is 2.25 bits per heavy atom. The number of aromatic nitrogens is 1. The van der Waals surface area contributed by atoms with E-state index in [1.165, 1.54) is 0 Å². The molecule has 3 N–H and O–H groups in total. The number of halogens is 1. The molecular formula is C11H18ClN3O. The highest BCUT2D eigenvalue weighted by atomic mass is 35.5. The molecule has 0 unspecified atom stereocenters. The topological polar surface area (TPSA) is 60.2 Å². The Morgan fingerprint density at radius 1 is 1.50 bits per heavy atom. The second-order valence-electron chi connectivity index (χ2n) is 4.00. The van der Waals surface area contributed by atoms with Gasteiger partial charge in [0.05, 0.1) is 6.61 Å². The van der Waals surface area contributed by atoms with E-state index in [2.05, 4.69) is 24.1 Å². The molecule has 0 radical (unpaired) electrons. The molecule has 0 atom stereocenters. The molecule has 0 spiro atoms. The van der Waals surface area contributed by atoms with Gasteiger partial charge in [-0.15, -0.1) is 0 Å². The zero-order valence-corrected chi connectivity index (χ0v) is 10.4. The molecule has 0 bridgehead atoms. The minimum absolute atomic E-state index is 0.394.